The minimum absolute atomic E-state index is 0.529. The van der Waals surface area contributed by atoms with E-state index in [1.165, 1.54) is 0 Å². The minimum Gasteiger partial charge on any atom is -0.386 e. The number of aliphatic hydroxyl groups is 1. The van der Waals surface area contributed by atoms with Gasteiger partial charge in [0, 0.05) is 12.3 Å². The van der Waals surface area contributed by atoms with Crippen LogP contribution in [0, 0.1) is 5.92 Å². The molecule has 1 unspecified atom stereocenters. The fourth-order valence-electron chi connectivity index (χ4n) is 1.45. The Kier molecular flexibility index (Phi) is 5.66. The molecular formula is C11H19ClN2OS. The third-order valence-electron chi connectivity index (χ3n) is 2.18. The van der Waals surface area contributed by atoms with Gasteiger partial charge in [0.05, 0.1) is 16.9 Å². The number of nitrogens with zero attached hydrogens (tertiary/aromatic N) is 2. The highest BCUT2D eigenvalue weighted by molar-refractivity contribution is 7.99. The first-order valence-corrected chi connectivity index (χ1v) is 7.06. The van der Waals surface area contributed by atoms with Gasteiger partial charge in [0.25, 0.3) is 0 Å². The van der Waals surface area contributed by atoms with E-state index >= 15 is 0 Å². The number of aromatic nitrogens is 2. The number of hydrogen-bond acceptors (Lipinski definition) is 3. The number of thioether (sulfide) groups is 1. The fraction of sp³-hybridized carbons (Fsp3) is 0.727. The summed E-state index contributed by atoms with van der Waals surface area (Å²) in [6.45, 7) is 7.06. The van der Waals surface area contributed by atoms with Crippen LogP contribution in [0.4, 0.5) is 0 Å². The summed E-state index contributed by atoms with van der Waals surface area (Å²) < 4.78 is 1.75. The van der Waals surface area contributed by atoms with Crippen LogP contribution >= 0.6 is 23.4 Å². The summed E-state index contributed by atoms with van der Waals surface area (Å²) in [5, 5.41) is 14.7. The molecule has 1 rings (SSSR count). The first-order valence-electron chi connectivity index (χ1n) is 5.53. The highest BCUT2D eigenvalue weighted by Gasteiger charge is 2.17. The summed E-state index contributed by atoms with van der Waals surface area (Å²) in [6, 6.07) is 0. The quantitative estimate of drug-likeness (QED) is 0.857. The minimum atomic E-state index is -0.529. The van der Waals surface area contributed by atoms with Gasteiger partial charge in [-0.3, -0.25) is 4.68 Å². The zero-order chi connectivity index (χ0) is 12.1. The van der Waals surface area contributed by atoms with Crippen LogP contribution in [0.1, 0.15) is 32.6 Å². The van der Waals surface area contributed by atoms with E-state index in [1.54, 1.807) is 22.6 Å². The number of hydrogen-bond donors (Lipinski definition) is 1. The van der Waals surface area contributed by atoms with Gasteiger partial charge >= 0.3 is 0 Å². The molecular weight excluding hydrogens is 244 g/mol. The maximum atomic E-state index is 10.0. The van der Waals surface area contributed by atoms with Crippen LogP contribution in [0.3, 0.4) is 0 Å². The molecule has 3 nitrogen and oxygen atoms in total. The van der Waals surface area contributed by atoms with Gasteiger partial charge in [-0.25, -0.2) is 0 Å². The Hall–Kier alpha value is -0.190. The molecule has 0 saturated carbocycles. The molecule has 5 heteroatoms. The second-order valence-corrected chi connectivity index (χ2v) is 5.62. The number of rotatable bonds is 6. The van der Waals surface area contributed by atoms with E-state index in [0.29, 0.717) is 16.7 Å². The molecule has 1 N–H and O–H groups in total. The molecule has 0 aliphatic rings. The Morgan fingerprint density at radius 1 is 1.50 bits per heavy atom. The summed E-state index contributed by atoms with van der Waals surface area (Å²) >= 11 is 7.75. The van der Waals surface area contributed by atoms with Gasteiger partial charge in [-0.05, 0) is 18.6 Å². The molecule has 1 aromatic heterocycles. The Balaban J connectivity index is 2.58. The van der Waals surface area contributed by atoms with E-state index in [-0.39, 0.29) is 0 Å². The van der Waals surface area contributed by atoms with Crippen LogP contribution in [-0.2, 0) is 6.54 Å². The standard InChI is InChI=1S/C11H19ClN2OS/c1-4-14-11(9(12)5-13-14)10(15)7-16-6-8(2)3/h5,8,10,15H,4,6-7H2,1-3H3. The van der Waals surface area contributed by atoms with Gasteiger partial charge in [0.15, 0.2) is 0 Å². The van der Waals surface area contributed by atoms with Crippen molar-refractivity contribution in [1.82, 2.24) is 9.78 Å². The third kappa shape index (κ3) is 3.68. The first kappa shape index (κ1) is 13.9. The maximum Gasteiger partial charge on any atom is 0.106 e. The van der Waals surface area contributed by atoms with Crippen LogP contribution in [0.25, 0.3) is 0 Å². The van der Waals surface area contributed by atoms with Crippen molar-refractivity contribution in [3.8, 4) is 0 Å². The highest BCUT2D eigenvalue weighted by Crippen LogP contribution is 2.26. The van der Waals surface area contributed by atoms with Gasteiger partial charge in [0.1, 0.15) is 6.10 Å². The summed E-state index contributed by atoms with van der Waals surface area (Å²) in [5.41, 5.74) is 0.737. The maximum absolute atomic E-state index is 10.0. The van der Waals surface area contributed by atoms with Gasteiger partial charge in [-0.15, -0.1) is 0 Å². The molecule has 0 bridgehead atoms. The molecule has 0 saturated heterocycles. The monoisotopic (exact) mass is 262 g/mol. The SMILES string of the molecule is CCn1ncc(Cl)c1C(O)CSCC(C)C. The second-order valence-electron chi connectivity index (χ2n) is 4.14. The predicted octanol–water partition coefficient (Wildman–Crippen LogP) is 2.98. The molecule has 0 aliphatic carbocycles. The Labute approximate surface area is 106 Å². The largest absolute Gasteiger partial charge is 0.386 e. The smallest absolute Gasteiger partial charge is 0.106 e. The number of halogens is 1. The van der Waals surface area contributed by atoms with Crippen LogP contribution < -0.4 is 0 Å². The lowest BCUT2D eigenvalue weighted by molar-refractivity contribution is 0.192. The summed E-state index contributed by atoms with van der Waals surface area (Å²) in [7, 11) is 0. The molecule has 1 aromatic rings. The molecule has 0 amide bonds. The van der Waals surface area contributed by atoms with Crippen molar-refractivity contribution < 1.29 is 5.11 Å². The molecule has 1 atom stereocenters. The summed E-state index contributed by atoms with van der Waals surface area (Å²) in [6.07, 6.45) is 1.06. The number of aryl methyl sites for hydroxylation is 1. The van der Waals surface area contributed by atoms with E-state index in [9.17, 15) is 5.11 Å². The summed E-state index contributed by atoms with van der Waals surface area (Å²) in [4.78, 5) is 0. The first-order chi connectivity index (χ1) is 7.56. The van der Waals surface area contributed by atoms with Crippen molar-refractivity contribution in [3.63, 3.8) is 0 Å². The average Bonchev–Trinajstić information content (AvgIpc) is 2.58. The zero-order valence-electron chi connectivity index (χ0n) is 9.98. The van der Waals surface area contributed by atoms with Gasteiger partial charge in [-0.1, -0.05) is 25.4 Å². The number of aliphatic hydroxyl groups excluding tert-OH is 1. The molecule has 92 valence electrons. The Morgan fingerprint density at radius 2 is 2.19 bits per heavy atom. The lowest BCUT2D eigenvalue weighted by Crippen LogP contribution is -2.11. The summed E-state index contributed by atoms with van der Waals surface area (Å²) in [5.74, 6) is 2.36. The lowest BCUT2D eigenvalue weighted by atomic mass is 10.3. The van der Waals surface area contributed by atoms with E-state index in [1.807, 2.05) is 6.92 Å². The fourth-order valence-corrected chi connectivity index (χ4v) is 2.71. The van der Waals surface area contributed by atoms with E-state index in [4.69, 9.17) is 11.6 Å². The average molecular weight is 263 g/mol. The normalized spacial score (nSPS) is 13.4. The van der Waals surface area contributed by atoms with Gasteiger partial charge < -0.3 is 5.11 Å². The van der Waals surface area contributed by atoms with Crippen molar-refractivity contribution in [2.45, 2.75) is 33.4 Å². The van der Waals surface area contributed by atoms with Crippen LogP contribution in [-0.4, -0.2) is 26.4 Å². The molecule has 16 heavy (non-hydrogen) atoms. The van der Waals surface area contributed by atoms with E-state index in [2.05, 4.69) is 18.9 Å². The molecule has 0 aliphatic heterocycles. The molecule has 0 fully saturated rings. The van der Waals surface area contributed by atoms with Crippen molar-refractivity contribution in [2.24, 2.45) is 5.92 Å². The van der Waals surface area contributed by atoms with Crippen molar-refractivity contribution in [1.29, 1.82) is 0 Å². The zero-order valence-corrected chi connectivity index (χ0v) is 11.6. The molecule has 0 spiro atoms. The molecule has 0 radical (unpaired) electrons. The second kappa shape index (κ2) is 6.52. The van der Waals surface area contributed by atoms with Crippen molar-refractivity contribution >= 4 is 23.4 Å². The van der Waals surface area contributed by atoms with Gasteiger partial charge in [0.2, 0.25) is 0 Å². The van der Waals surface area contributed by atoms with E-state index in [0.717, 1.165) is 18.0 Å². The van der Waals surface area contributed by atoms with Crippen molar-refractivity contribution in [3.05, 3.63) is 16.9 Å². The van der Waals surface area contributed by atoms with Crippen LogP contribution in [0.5, 0.6) is 0 Å². The predicted molar refractivity (Wildman–Crippen MR) is 70.0 cm³/mol. The Bertz CT molecular complexity index is 328. The Morgan fingerprint density at radius 3 is 2.75 bits per heavy atom. The van der Waals surface area contributed by atoms with Crippen LogP contribution in [0.2, 0.25) is 5.02 Å². The van der Waals surface area contributed by atoms with Gasteiger partial charge in [-0.2, -0.15) is 16.9 Å². The molecule has 0 aromatic carbocycles. The molecule has 1 heterocycles. The topological polar surface area (TPSA) is 38.0 Å². The highest BCUT2D eigenvalue weighted by atomic mass is 35.5. The van der Waals surface area contributed by atoms with E-state index < -0.39 is 6.10 Å². The van der Waals surface area contributed by atoms with Crippen molar-refractivity contribution in [2.75, 3.05) is 11.5 Å². The third-order valence-corrected chi connectivity index (χ3v) is 3.92. The van der Waals surface area contributed by atoms with Crippen LogP contribution in [0.15, 0.2) is 6.20 Å². The lowest BCUT2D eigenvalue weighted by Gasteiger charge is -2.13.